The van der Waals surface area contributed by atoms with Gasteiger partial charge in [0.25, 0.3) is 0 Å². The Hall–Kier alpha value is -2.54. The van der Waals surface area contributed by atoms with Crippen LogP contribution in [0, 0.1) is 12.8 Å². The van der Waals surface area contributed by atoms with Crippen LogP contribution in [-0.2, 0) is 6.42 Å². The predicted molar refractivity (Wildman–Crippen MR) is 116 cm³/mol. The highest BCUT2D eigenvalue weighted by atomic mass is 16.5. The Labute approximate surface area is 164 Å². The monoisotopic (exact) mass is 358 g/mol. The Balaban J connectivity index is 1.58. The van der Waals surface area contributed by atoms with Crippen molar-refractivity contribution in [2.45, 2.75) is 46.5 Å². The lowest BCUT2D eigenvalue weighted by Crippen LogP contribution is -1.94. The molecule has 0 aliphatic carbocycles. The topological polar surface area (TPSA) is 9.23 Å². The molecule has 3 aromatic carbocycles. The highest BCUT2D eigenvalue weighted by Crippen LogP contribution is 2.26. The molecule has 0 aliphatic rings. The highest BCUT2D eigenvalue weighted by molar-refractivity contribution is 5.64. The van der Waals surface area contributed by atoms with Crippen LogP contribution >= 0.6 is 0 Å². The molecule has 0 N–H and O–H groups in total. The van der Waals surface area contributed by atoms with E-state index in [1.807, 2.05) is 24.3 Å². The van der Waals surface area contributed by atoms with Gasteiger partial charge in [-0.1, -0.05) is 80.8 Å². The summed E-state index contributed by atoms with van der Waals surface area (Å²) in [6, 6.07) is 25.5. The van der Waals surface area contributed by atoms with Gasteiger partial charge in [0.1, 0.15) is 11.5 Å². The van der Waals surface area contributed by atoms with Crippen LogP contribution in [0.4, 0.5) is 0 Å². The van der Waals surface area contributed by atoms with Gasteiger partial charge in [-0.05, 0) is 66.6 Å². The van der Waals surface area contributed by atoms with E-state index in [1.165, 1.54) is 47.9 Å². The molecular formula is C26H30O. The van der Waals surface area contributed by atoms with E-state index in [4.69, 9.17) is 4.74 Å². The van der Waals surface area contributed by atoms with Crippen molar-refractivity contribution >= 4 is 0 Å². The second-order valence-corrected chi connectivity index (χ2v) is 7.54. The molecule has 0 heterocycles. The lowest BCUT2D eigenvalue weighted by molar-refractivity contribution is 0.482. The first-order valence-corrected chi connectivity index (χ1v) is 10.1. The molecule has 1 unspecified atom stereocenters. The van der Waals surface area contributed by atoms with Crippen LogP contribution in [0.1, 0.15) is 44.2 Å². The Morgan fingerprint density at radius 1 is 0.741 bits per heavy atom. The Kier molecular flexibility index (Phi) is 6.70. The van der Waals surface area contributed by atoms with E-state index >= 15 is 0 Å². The van der Waals surface area contributed by atoms with Crippen molar-refractivity contribution in [1.29, 1.82) is 0 Å². The van der Waals surface area contributed by atoms with Crippen molar-refractivity contribution in [2.24, 2.45) is 5.92 Å². The Morgan fingerprint density at radius 3 is 1.81 bits per heavy atom. The lowest BCUT2D eigenvalue weighted by atomic mass is 9.98. The van der Waals surface area contributed by atoms with Crippen LogP contribution in [0.3, 0.4) is 0 Å². The summed E-state index contributed by atoms with van der Waals surface area (Å²) in [5.41, 5.74) is 5.14. The van der Waals surface area contributed by atoms with Crippen LogP contribution in [0.15, 0.2) is 72.8 Å². The first kappa shape index (κ1) is 19.2. The molecule has 1 heteroatoms. The normalized spacial score (nSPS) is 12.0. The molecule has 3 aromatic rings. The zero-order valence-corrected chi connectivity index (χ0v) is 16.7. The maximum Gasteiger partial charge on any atom is 0.127 e. The van der Waals surface area contributed by atoms with Gasteiger partial charge in [-0.15, -0.1) is 0 Å². The maximum absolute atomic E-state index is 5.92. The number of rotatable bonds is 8. The molecule has 1 nitrogen and oxygen atoms in total. The highest BCUT2D eigenvalue weighted by Gasteiger charge is 2.03. The van der Waals surface area contributed by atoms with Gasteiger partial charge in [-0.25, -0.2) is 0 Å². The van der Waals surface area contributed by atoms with E-state index in [9.17, 15) is 0 Å². The van der Waals surface area contributed by atoms with Crippen molar-refractivity contribution < 1.29 is 4.74 Å². The first-order chi connectivity index (χ1) is 13.1. The molecule has 0 amide bonds. The Morgan fingerprint density at radius 2 is 1.26 bits per heavy atom. The molecule has 1 atom stereocenters. The molecule has 0 aromatic heterocycles. The summed E-state index contributed by atoms with van der Waals surface area (Å²) >= 11 is 0. The summed E-state index contributed by atoms with van der Waals surface area (Å²) < 4.78 is 5.92. The molecular weight excluding hydrogens is 328 g/mol. The molecule has 0 aliphatic heterocycles. The molecule has 0 radical (unpaired) electrons. The number of hydrogen-bond donors (Lipinski definition) is 0. The fourth-order valence-corrected chi connectivity index (χ4v) is 3.18. The number of benzene rings is 3. The van der Waals surface area contributed by atoms with E-state index in [0.717, 1.165) is 17.4 Å². The first-order valence-electron chi connectivity index (χ1n) is 10.1. The van der Waals surface area contributed by atoms with Crippen molar-refractivity contribution in [3.63, 3.8) is 0 Å². The van der Waals surface area contributed by atoms with Crippen LogP contribution in [0.5, 0.6) is 11.5 Å². The third-order valence-electron chi connectivity index (χ3n) is 5.26. The second-order valence-electron chi connectivity index (χ2n) is 7.54. The standard InChI is InChI=1S/C26H30O/c1-4-20(2)6-5-7-22-10-12-23(13-11-22)24-14-18-26(19-15-24)27-25-16-8-21(3)9-17-25/h8-20H,4-7H2,1-3H3. The van der Waals surface area contributed by atoms with E-state index in [1.54, 1.807) is 0 Å². The number of aryl methyl sites for hydroxylation is 2. The van der Waals surface area contributed by atoms with E-state index < -0.39 is 0 Å². The fourth-order valence-electron chi connectivity index (χ4n) is 3.18. The van der Waals surface area contributed by atoms with Crippen LogP contribution in [0.25, 0.3) is 11.1 Å². The summed E-state index contributed by atoms with van der Waals surface area (Å²) in [5.74, 6) is 2.57. The number of ether oxygens (including phenoxy) is 1. The largest absolute Gasteiger partial charge is 0.457 e. The molecule has 0 bridgehead atoms. The van der Waals surface area contributed by atoms with E-state index in [2.05, 4.69) is 69.3 Å². The maximum atomic E-state index is 5.92. The molecule has 3 rings (SSSR count). The smallest absolute Gasteiger partial charge is 0.127 e. The second kappa shape index (κ2) is 9.41. The molecule has 0 saturated carbocycles. The van der Waals surface area contributed by atoms with Crippen LogP contribution in [-0.4, -0.2) is 0 Å². The third-order valence-corrected chi connectivity index (χ3v) is 5.26. The Bertz CT molecular complexity index is 814. The van der Waals surface area contributed by atoms with Gasteiger partial charge in [-0.3, -0.25) is 0 Å². The molecule has 140 valence electrons. The summed E-state index contributed by atoms with van der Waals surface area (Å²) in [4.78, 5) is 0. The minimum atomic E-state index is 0.838. The molecule has 0 spiro atoms. The van der Waals surface area contributed by atoms with Gasteiger partial charge in [0.2, 0.25) is 0 Å². The van der Waals surface area contributed by atoms with E-state index in [0.29, 0.717) is 0 Å². The average Bonchev–Trinajstić information content (AvgIpc) is 2.71. The van der Waals surface area contributed by atoms with Crippen molar-refractivity contribution in [1.82, 2.24) is 0 Å². The van der Waals surface area contributed by atoms with Crippen LogP contribution < -0.4 is 4.74 Å². The van der Waals surface area contributed by atoms with Crippen LogP contribution in [0.2, 0.25) is 0 Å². The summed E-state index contributed by atoms with van der Waals surface area (Å²) in [7, 11) is 0. The summed E-state index contributed by atoms with van der Waals surface area (Å²) in [6.45, 7) is 6.70. The van der Waals surface area contributed by atoms with Gasteiger partial charge in [0, 0.05) is 0 Å². The predicted octanol–water partition coefficient (Wildman–Crippen LogP) is 7.82. The molecule has 0 fully saturated rings. The van der Waals surface area contributed by atoms with Gasteiger partial charge in [-0.2, -0.15) is 0 Å². The van der Waals surface area contributed by atoms with E-state index in [-0.39, 0.29) is 0 Å². The van der Waals surface area contributed by atoms with Gasteiger partial charge in [0.05, 0.1) is 0 Å². The van der Waals surface area contributed by atoms with Gasteiger partial charge >= 0.3 is 0 Å². The quantitative estimate of drug-likeness (QED) is 0.399. The SMILES string of the molecule is CCC(C)CCCc1ccc(-c2ccc(Oc3ccc(C)cc3)cc2)cc1. The van der Waals surface area contributed by atoms with Gasteiger partial charge in [0.15, 0.2) is 0 Å². The molecule has 0 saturated heterocycles. The molecule has 27 heavy (non-hydrogen) atoms. The average molecular weight is 359 g/mol. The fraction of sp³-hybridized carbons (Fsp3) is 0.308. The lowest BCUT2D eigenvalue weighted by Gasteiger charge is -2.09. The third kappa shape index (κ3) is 5.72. The number of hydrogen-bond acceptors (Lipinski definition) is 1. The van der Waals surface area contributed by atoms with Crippen molar-refractivity contribution in [2.75, 3.05) is 0 Å². The van der Waals surface area contributed by atoms with Crippen molar-refractivity contribution in [3.05, 3.63) is 83.9 Å². The summed E-state index contributed by atoms with van der Waals surface area (Å²) in [6.07, 6.45) is 5.05. The van der Waals surface area contributed by atoms with Gasteiger partial charge < -0.3 is 4.74 Å². The minimum Gasteiger partial charge on any atom is -0.457 e. The van der Waals surface area contributed by atoms with Crippen molar-refractivity contribution in [3.8, 4) is 22.6 Å². The minimum absolute atomic E-state index is 0.838. The summed E-state index contributed by atoms with van der Waals surface area (Å²) in [5, 5.41) is 0. The zero-order chi connectivity index (χ0) is 19.1. The zero-order valence-electron chi connectivity index (χ0n) is 16.7.